The third-order valence-corrected chi connectivity index (χ3v) is 3.84. The SMILES string of the molecule is Cc1ncsc1CCNc1cc(Cl)ccc1C#N. The lowest BCUT2D eigenvalue weighted by Crippen LogP contribution is -2.06. The molecule has 0 bridgehead atoms. The van der Waals surface area contributed by atoms with Crippen LogP contribution in [0.25, 0.3) is 0 Å². The molecular weight excluding hydrogens is 266 g/mol. The number of aryl methyl sites for hydroxylation is 1. The van der Waals surface area contributed by atoms with Crippen molar-refractivity contribution in [1.82, 2.24) is 4.98 Å². The molecule has 0 aliphatic heterocycles. The van der Waals surface area contributed by atoms with Crippen LogP contribution in [0.15, 0.2) is 23.7 Å². The molecule has 1 N–H and O–H groups in total. The zero-order chi connectivity index (χ0) is 13.0. The summed E-state index contributed by atoms with van der Waals surface area (Å²) in [5.74, 6) is 0. The summed E-state index contributed by atoms with van der Waals surface area (Å²) in [6.07, 6.45) is 0.897. The molecule has 0 atom stereocenters. The van der Waals surface area contributed by atoms with Gasteiger partial charge in [-0.15, -0.1) is 11.3 Å². The molecular formula is C13H12ClN3S. The molecule has 0 saturated heterocycles. The number of halogens is 1. The summed E-state index contributed by atoms with van der Waals surface area (Å²) in [4.78, 5) is 5.47. The van der Waals surface area contributed by atoms with Crippen molar-refractivity contribution in [2.45, 2.75) is 13.3 Å². The van der Waals surface area contributed by atoms with E-state index in [1.54, 1.807) is 29.5 Å². The molecule has 92 valence electrons. The maximum absolute atomic E-state index is 9.00. The van der Waals surface area contributed by atoms with Crippen molar-refractivity contribution in [2.75, 3.05) is 11.9 Å². The number of nitrogens with one attached hydrogen (secondary N) is 1. The molecule has 0 amide bonds. The zero-order valence-electron chi connectivity index (χ0n) is 9.90. The minimum absolute atomic E-state index is 0.612. The number of nitriles is 1. The highest BCUT2D eigenvalue weighted by Gasteiger charge is 2.04. The molecule has 1 heterocycles. The van der Waals surface area contributed by atoms with Gasteiger partial charge < -0.3 is 5.32 Å². The van der Waals surface area contributed by atoms with Crippen LogP contribution in [0.5, 0.6) is 0 Å². The molecule has 3 nitrogen and oxygen atoms in total. The summed E-state index contributed by atoms with van der Waals surface area (Å²) >= 11 is 7.58. The number of hydrogen-bond acceptors (Lipinski definition) is 4. The number of benzene rings is 1. The summed E-state index contributed by atoms with van der Waals surface area (Å²) in [6.45, 7) is 2.77. The van der Waals surface area contributed by atoms with Gasteiger partial charge in [0.15, 0.2) is 0 Å². The van der Waals surface area contributed by atoms with E-state index >= 15 is 0 Å². The fourth-order valence-corrected chi connectivity index (χ4v) is 2.59. The molecule has 18 heavy (non-hydrogen) atoms. The monoisotopic (exact) mass is 277 g/mol. The van der Waals surface area contributed by atoms with Crippen LogP contribution in [0.1, 0.15) is 16.1 Å². The molecule has 2 rings (SSSR count). The smallest absolute Gasteiger partial charge is 0.101 e. The van der Waals surface area contributed by atoms with Crippen LogP contribution >= 0.6 is 22.9 Å². The second-order valence-electron chi connectivity index (χ2n) is 3.84. The van der Waals surface area contributed by atoms with Gasteiger partial charge in [-0.25, -0.2) is 4.98 Å². The van der Waals surface area contributed by atoms with E-state index < -0.39 is 0 Å². The van der Waals surface area contributed by atoms with Crippen molar-refractivity contribution < 1.29 is 0 Å². The molecule has 0 aliphatic rings. The molecule has 1 aromatic heterocycles. The van der Waals surface area contributed by atoms with E-state index in [0.29, 0.717) is 10.6 Å². The molecule has 0 saturated carbocycles. The van der Waals surface area contributed by atoms with E-state index in [-0.39, 0.29) is 0 Å². The topological polar surface area (TPSA) is 48.7 Å². The molecule has 0 spiro atoms. The van der Waals surface area contributed by atoms with Gasteiger partial charge in [0.2, 0.25) is 0 Å². The van der Waals surface area contributed by atoms with Crippen molar-refractivity contribution in [3.8, 4) is 6.07 Å². The van der Waals surface area contributed by atoms with Crippen molar-refractivity contribution in [2.24, 2.45) is 0 Å². The normalized spacial score (nSPS) is 10.1. The Labute approximate surface area is 115 Å². The van der Waals surface area contributed by atoms with Gasteiger partial charge in [0.1, 0.15) is 6.07 Å². The average molecular weight is 278 g/mol. The quantitative estimate of drug-likeness (QED) is 0.928. The first-order valence-corrected chi connectivity index (χ1v) is 6.79. The first kappa shape index (κ1) is 12.9. The van der Waals surface area contributed by atoms with Crippen LogP contribution in [0.4, 0.5) is 5.69 Å². The van der Waals surface area contributed by atoms with Gasteiger partial charge in [0, 0.05) is 22.9 Å². The third kappa shape index (κ3) is 3.00. The Bertz CT molecular complexity index is 586. The second-order valence-corrected chi connectivity index (χ2v) is 5.22. The van der Waals surface area contributed by atoms with Gasteiger partial charge >= 0.3 is 0 Å². The average Bonchev–Trinajstić information content (AvgIpc) is 2.76. The highest BCUT2D eigenvalue weighted by molar-refractivity contribution is 7.09. The van der Waals surface area contributed by atoms with Crippen molar-refractivity contribution >= 4 is 28.6 Å². The van der Waals surface area contributed by atoms with E-state index in [4.69, 9.17) is 16.9 Å². The molecule has 2 aromatic rings. The molecule has 5 heteroatoms. The first-order chi connectivity index (χ1) is 8.70. The standard InChI is InChI=1S/C13H12ClN3S/c1-9-13(18-8-17-9)4-5-16-12-6-11(14)3-2-10(12)7-15/h2-3,6,8,16H,4-5H2,1H3. The lowest BCUT2D eigenvalue weighted by atomic mass is 10.2. The van der Waals surface area contributed by atoms with Crippen LogP contribution < -0.4 is 5.32 Å². The van der Waals surface area contributed by atoms with Crippen molar-refractivity contribution in [3.05, 3.63) is 44.9 Å². The van der Waals surface area contributed by atoms with Crippen LogP contribution in [-0.4, -0.2) is 11.5 Å². The Morgan fingerprint density at radius 2 is 2.33 bits per heavy atom. The van der Waals surface area contributed by atoms with Gasteiger partial charge in [-0.3, -0.25) is 0 Å². The highest BCUT2D eigenvalue weighted by Crippen LogP contribution is 2.20. The van der Waals surface area contributed by atoms with Gasteiger partial charge in [-0.05, 0) is 25.1 Å². The number of aromatic nitrogens is 1. The third-order valence-electron chi connectivity index (χ3n) is 2.61. The zero-order valence-corrected chi connectivity index (χ0v) is 11.5. The Morgan fingerprint density at radius 1 is 1.50 bits per heavy atom. The summed E-state index contributed by atoms with van der Waals surface area (Å²) in [5.41, 5.74) is 4.33. The number of hydrogen-bond donors (Lipinski definition) is 1. The molecule has 0 radical (unpaired) electrons. The lowest BCUT2D eigenvalue weighted by molar-refractivity contribution is 1.02. The van der Waals surface area contributed by atoms with Gasteiger partial charge in [-0.2, -0.15) is 5.26 Å². The lowest BCUT2D eigenvalue weighted by Gasteiger charge is -2.08. The maximum atomic E-state index is 9.00. The van der Waals surface area contributed by atoms with E-state index in [1.165, 1.54) is 4.88 Å². The molecule has 0 aliphatic carbocycles. The van der Waals surface area contributed by atoms with Gasteiger partial charge in [0.25, 0.3) is 0 Å². The van der Waals surface area contributed by atoms with E-state index in [9.17, 15) is 0 Å². The fraction of sp³-hybridized carbons (Fsp3) is 0.231. The largest absolute Gasteiger partial charge is 0.384 e. The summed E-state index contributed by atoms with van der Waals surface area (Å²) in [5, 5.41) is 12.9. The predicted molar refractivity (Wildman–Crippen MR) is 75.2 cm³/mol. The van der Waals surface area contributed by atoms with Crippen molar-refractivity contribution in [1.29, 1.82) is 5.26 Å². The second kappa shape index (κ2) is 5.85. The Kier molecular flexibility index (Phi) is 4.19. The molecule has 1 aromatic carbocycles. The van der Waals surface area contributed by atoms with Crippen LogP contribution in [0.2, 0.25) is 5.02 Å². The van der Waals surface area contributed by atoms with Gasteiger partial charge in [-0.1, -0.05) is 11.6 Å². The van der Waals surface area contributed by atoms with E-state index in [1.807, 2.05) is 12.4 Å². The minimum Gasteiger partial charge on any atom is -0.384 e. The molecule has 0 unspecified atom stereocenters. The fourth-order valence-electron chi connectivity index (χ4n) is 1.64. The number of anilines is 1. The summed E-state index contributed by atoms with van der Waals surface area (Å²) < 4.78 is 0. The Morgan fingerprint density at radius 3 is 3.00 bits per heavy atom. The van der Waals surface area contributed by atoms with Crippen LogP contribution in [-0.2, 0) is 6.42 Å². The number of nitrogens with zero attached hydrogens (tertiary/aromatic N) is 2. The van der Waals surface area contributed by atoms with Crippen LogP contribution in [0.3, 0.4) is 0 Å². The maximum Gasteiger partial charge on any atom is 0.101 e. The van der Waals surface area contributed by atoms with Gasteiger partial charge in [0.05, 0.1) is 22.5 Å². The summed E-state index contributed by atoms with van der Waals surface area (Å²) in [7, 11) is 0. The van der Waals surface area contributed by atoms with E-state index in [2.05, 4.69) is 16.4 Å². The number of rotatable bonds is 4. The minimum atomic E-state index is 0.612. The summed E-state index contributed by atoms with van der Waals surface area (Å²) in [6, 6.07) is 7.37. The Balaban J connectivity index is 2.00. The number of thiazole rings is 1. The first-order valence-electron chi connectivity index (χ1n) is 5.53. The van der Waals surface area contributed by atoms with Crippen molar-refractivity contribution in [3.63, 3.8) is 0 Å². The van der Waals surface area contributed by atoms with E-state index in [0.717, 1.165) is 24.3 Å². The predicted octanol–water partition coefficient (Wildman–Crippen LogP) is 3.63. The Hall–Kier alpha value is -1.57. The molecule has 0 fully saturated rings. The highest BCUT2D eigenvalue weighted by atomic mass is 35.5. The van der Waals surface area contributed by atoms with Crippen LogP contribution in [0, 0.1) is 18.3 Å².